The maximum Gasteiger partial charge on any atom is 0.408 e. The van der Waals surface area contributed by atoms with E-state index in [1.165, 1.54) is 0 Å². The summed E-state index contributed by atoms with van der Waals surface area (Å²) in [5, 5.41) is 15.1. The lowest BCUT2D eigenvalue weighted by Gasteiger charge is -2.26. The zero-order valence-electron chi connectivity index (χ0n) is 22.9. The van der Waals surface area contributed by atoms with E-state index in [1.54, 1.807) is 41.3 Å². The molecule has 2 aliphatic heterocycles. The van der Waals surface area contributed by atoms with Crippen LogP contribution in [-0.4, -0.2) is 65.7 Å². The Morgan fingerprint density at radius 3 is 2.46 bits per heavy atom. The lowest BCUT2D eigenvalue weighted by Crippen LogP contribution is -2.44. The fourth-order valence-corrected chi connectivity index (χ4v) is 5.03. The number of amides is 3. The molecule has 0 aromatic heterocycles. The highest BCUT2D eigenvalue weighted by Gasteiger charge is 2.32. The lowest BCUT2D eigenvalue weighted by molar-refractivity contribution is -0.152. The molecule has 2 heterocycles. The van der Waals surface area contributed by atoms with E-state index in [0.717, 1.165) is 18.4 Å². The Hall–Kier alpha value is -4.18. The van der Waals surface area contributed by atoms with Gasteiger partial charge in [-0.15, -0.1) is 0 Å². The highest BCUT2D eigenvalue weighted by atomic mass is 16.6. The van der Waals surface area contributed by atoms with Crippen molar-refractivity contribution in [2.45, 2.75) is 56.9 Å². The lowest BCUT2D eigenvalue weighted by atomic mass is 9.97. The van der Waals surface area contributed by atoms with Gasteiger partial charge in [0, 0.05) is 13.0 Å². The molecule has 2 aromatic rings. The van der Waals surface area contributed by atoms with Crippen molar-refractivity contribution in [3.8, 4) is 0 Å². The third kappa shape index (κ3) is 8.65. The molecule has 3 N–H and O–H groups in total. The van der Waals surface area contributed by atoms with Crippen molar-refractivity contribution in [1.82, 2.24) is 15.5 Å². The number of carbonyl (C=O) groups is 4. The molecule has 4 rings (SSSR count). The number of benzene rings is 2. The molecule has 10 nitrogen and oxygen atoms in total. The number of allylic oxidation sites excluding steroid dienone is 1. The number of hydrogen-bond donors (Lipinski definition) is 3. The van der Waals surface area contributed by atoms with Crippen molar-refractivity contribution >= 4 is 23.9 Å². The van der Waals surface area contributed by atoms with Gasteiger partial charge >= 0.3 is 12.1 Å². The highest BCUT2D eigenvalue weighted by molar-refractivity contribution is 5.86. The van der Waals surface area contributed by atoms with Gasteiger partial charge in [-0.3, -0.25) is 9.59 Å². The number of aliphatic hydroxyl groups excluding tert-OH is 1. The molecule has 1 fully saturated rings. The molecule has 0 bridgehead atoms. The molecule has 0 aliphatic carbocycles. The van der Waals surface area contributed by atoms with Crippen LogP contribution in [0.25, 0.3) is 0 Å². The second-order valence-electron chi connectivity index (χ2n) is 10.2. The molecular formula is C31H37N3O7. The smallest absolute Gasteiger partial charge is 0.408 e. The number of likely N-dealkylation sites (tertiary alicyclic amines) is 1. The number of carbonyl (C=O) groups excluding carboxylic acids is 4. The van der Waals surface area contributed by atoms with Crippen LogP contribution < -0.4 is 10.6 Å². The molecule has 41 heavy (non-hydrogen) atoms. The monoisotopic (exact) mass is 563 g/mol. The van der Waals surface area contributed by atoms with Gasteiger partial charge in [0.2, 0.25) is 11.8 Å². The van der Waals surface area contributed by atoms with Crippen molar-refractivity contribution in [3.05, 3.63) is 83.9 Å². The first-order valence-electron chi connectivity index (χ1n) is 14.0. The molecule has 2 aliphatic rings. The van der Waals surface area contributed by atoms with Crippen molar-refractivity contribution < 1.29 is 33.8 Å². The minimum absolute atomic E-state index is 0.00283. The third-order valence-electron chi connectivity index (χ3n) is 7.34. The first kappa shape index (κ1) is 29.8. The summed E-state index contributed by atoms with van der Waals surface area (Å²) in [5.74, 6) is -1.80. The van der Waals surface area contributed by atoms with Crippen LogP contribution in [-0.2, 0) is 30.5 Å². The first-order chi connectivity index (χ1) is 19.9. The molecule has 0 saturated carbocycles. The number of alkyl carbamates (subject to hydrolysis) is 1. The van der Waals surface area contributed by atoms with Gasteiger partial charge in [-0.2, -0.15) is 0 Å². The zero-order chi connectivity index (χ0) is 29.0. The van der Waals surface area contributed by atoms with E-state index in [0.29, 0.717) is 12.1 Å². The Balaban J connectivity index is 1.48. The Bertz CT molecular complexity index is 1200. The first-order valence-corrected chi connectivity index (χ1v) is 14.0. The zero-order valence-corrected chi connectivity index (χ0v) is 22.9. The van der Waals surface area contributed by atoms with Crippen LogP contribution in [0, 0.1) is 5.92 Å². The predicted octanol–water partition coefficient (Wildman–Crippen LogP) is 3.02. The summed E-state index contributed by atoms with van der Waals surface area (Å²) < 4.78 is 11.1. The molecule has 10 heteroatoms. The second-order valence-corrected chi connectivity index (χ2v) is 10.2. The van der Waals surface area contributed by atoms with Gasteiger partial charge in [-0.1, -0.05) is 72.8 Å². The van der Waals surface area contributed by atoms with Crippen LogP contribution in [0.3, 0.4) is 0 Å². The summed E-state index contributed by atoms with van der Waals surface area (Å²) in [5.41, 5.74) is 1.48. The highest BCUT2D eigenvalue weighted by Crippen LogP contribution is 2.23. The van der Waals surface area contributed by atoms with E-state index in [9.17, 15) is 24.3 Å². The number of esters is 1. The molecule has 1 saturated heterocycles. The topological polar surface area (TPSA) is 134 Å². The molecule has 3 amide bonds. The molecular weight excluding hydrogens is 526 g/mol. The third-order valence-corrected chi connectivity index (χ3v) is 7.34. The minimum Gasteiger partial charge on any atom is -0.454 e. The predicted molar refractivity (Wildman–Crippen MR) is 150 cm³/mol. The van der Waals surface area contributed by atoms with Crippen molar-refractivity contribution in [3.63, 3.8) is 0 Å². The fraction of sp³-hybridized carbons (Fsp3) is 0.419. The quantitative estimate of drug-likeness (QED) is 0.348. The van der Waals surface area contributed by atoms with Gasteiger partial charge in [0.05, 0.1) is 25.1 Å². The molecule has 0 radical (unpaired) electrons. The second kappa shape index (κ2) is 15.0. The number of hydrogen-bond acceptors (Lipinski definition) is 7. The number of aliphatic hydroxyl groups is 1. The van der Waals surface area contributed by atoms with Crippen LogP contribution in [0.4, 0.5) is 4.79 Å². The van der Waals surface area contributed by atoms with E-state index >= 15 is 0 Å². The van der Waals surface area contributed by atoms with E-state index in [-0.39, 0.29) is 56.9 Å². The van der Waals surface area contributed by atoms with E-state index in [1.807, 2.05) is 36.4 Å². The van der Waals surface area contributed by atoms with Crippen LogP contribution in [0.15, 0.2) is 72.8 Å². The Labute approximate surface area is 239 Å². The summed E-state index contributed by atoms with van der Waals surface area (Å²) in [6.07, 6.45) is 3.80. The average Bonchev–Trinajstić information content (AvgIpc) is 3.48. The van der Waals surface area contributed by atoms with E-state index in [4.69, 9.17) is 9.47 Å². The standard InChI is InChI=1S/C31H37N3O7/c35-20-25-15-9-17-34(25)28(36)18-24-14-7-8-16-26(33-31(39)40-21-22-10-3-1-4-11-22)30(38)41-27(19-32-29(24)37)23-12-5-2-6-13-23/h1-8,10-13,24-27,35H,9,14-21H2,(H,32,37)(H,33,39)/t24-,25+,26-,27-/m1/s1. The van der Waals surface area contributed by atoms with Crippen LogP contribution >= 0.6 is 0 Å². The summed E-state index contributed by atoms with van der Waals surface area (Å²) in [6, 6.07) is 17.0. The van der Waals surface area contributed by atoms with Crippen molar-refractivity contribution in [1.29, 1.82) is 0 Å². The Kier molecular flexibility index (Phi) is 10.9. The van der Waals surface area contributed by atoms with Gasteiger partial charge < -0.3 is 30.1 Å². The van der Waals surface area contributed by atoms with Crippen LogP contribution in [0.2, 0.25) is 0 Å². The number of ether oxygens (including phenoxy) is 2. The number of nitrogens with zero attached hydrogens (tertiary/aromatic N) is 1. The summed E-state index contributed by atoms with van der Waals surface area (Å²) >= 11 is 0. The maximum absolute atomic E-state index is 13.2. The Morgan fingerprint density at radius 2 is 1.73 bits per heavy atom. The van der Waals surface area contributed by atoms with Gasteiger partial charge in [0.25, 0.3) is 0 Å². The fourth-order valence-electron chi connectivity index (χ4n) is 5.03. The average molecular weight is 564 g/mol. The molecule has 0 spiro atoms. The largest absolute Gasteiger partial charge is 0.454 e. The number of cyclic esters (lactones) is 1. The molecule has 2 aromatic carbocycles. The van der Waals surface area contributed by atoms with Gasteiger partial charge in [-0.25, -0.2) is 9.59 Å². The maximum atomic E-state index is 13.2. The van der Waals surface area contributed by atoms with Crippen LogP contribution in [0.1, 0.15) is 49.3 Å². The van der Waals surface area contributed by atoms with Gasteiger partial charge in [0.15, 0.2) is 0 Å². The summed E-state index contributed by atoms with van der Waals surface area (Å²) in [6.45, 7) is 0.507. The SMILES string of the molecule is O=C(N[C@@H]1CC=CC[C@H](CC(=O)N2CCC[C@H]2CO)C(=O)NC[C@H](c2ccccc2)OC1=O)OCc1ccccc1. The number of nitrogens with one attached hydrogen (secondary N) is 2. The van der Waals surface area contributed by atoms with E-state index < -0.39 is 30.1 Å². The van der Waals surface area contributed by atoms with Crippen molar-refractivity contribution in [2.75, 3.05) is 19.7 Å². The van der Waals surface area contributed by atoms with Gasteiger partial charge in [-0.05, 0) is 36.8 Å². The summed E-state index contributed by atoms with van der Waals surface area (Å²) in [4.78, 5) is 53.7. The molecule has 4 atom stereocenters. The molecule has 218 valence electrons. The normalized spacial score (nSPS) is 23.5. The Morgan fingerprint density at radius 1 is 1.02 bits per heavy atom. The molecule has 0 unspecified atom stereocenters. The van der Waals surface area contributed by atoms with Crippen molar-refractivity contribution in [2.24, 2.45) is 5.92 Å². The summed E-state index contributed by atoms with van der Waals surface area (Å²) in [7, 11) is 0. The van der Waals surface area contributed by atoms with E-state index in [2.05, 4.69) is 10.6 Å². The number of rotatable bonds is 7. The minimum atomic E-state index is -1.02. The van der Waals surface area contributed by atoms with Crippen LogP contribution in [0.5, 0.6) is 0 Å². The van der Waals surface area contributed by atoms with Gasteiger partial charge in [0.1, 0.15) is 18.8 Å².